The van der Waals surface area contributed by atoms with Gasteiger partial charge in [-0.05, 0) is 6.42 Å². The van der Waals surface area contributed by atoms with E-state index < -0.39 is 24.5 Å². The van der Waals surface area contributed by atoms with Crippen molar-refractivity contribution in [2.45, 2.75) is 50.2 Å². The predicted octanol–water partition coefficient (Wildman–Crippen LogP) is -0.941. The van der Waals surface area contributed by atoms with Crippen molar-refractivity contribution >= 4 is 34.0 Å². The van der Waals surface area contributed by atoms with E-state index in [9.17, 15) is 10.2 Å². The number of ether oxygens (including phenoxy) is 2. The Morgan fingerprint density at radius 2 is 1.50 bits per heavy atom. The van der Waals surface area contributed by atoms with Crippen LogP contribution in [0, 0.1) is 0 Å². The number of nitrogen functional groups attached to an aromatic ring is 2. The molecule has 6 N–H and O–H groups in total. The van der Waals surface area contributed by atoms with Gasteiger partial charge in [0, 0.05) is 19.6 Å². The van der Waals surface area contributed by atoms with Gasteiger partial charge < -0.3 is 31.2 Å². The summed E-state index contributed by atoms with van der Waals surface area (Å²) in [6, 6.07) is 0. The van der Waals surface area contributed by atoms with E-state index in [1.807, 2.05) is 4.57 Å². The number of morpholine rings is 1. The van der Waals surface area contributed by atoms with Crippen LogP contribution in [0.5, 0.6) is 0 Å². The van der Waals surface area contributed by atoms with E-state index in [2.05, 4.69) is 41.7 Å². The van der Waals surface area contributed by atoms with Crippen LogP contribution in [0.2, 0.25) is 0 Å². The number of aliphatic hydroxyl groups excluding tert-OH is 2. The molecule has 2 fully saturated rings. The standard InChI is InChI=1S/C21H27N11O4/c1-2-10-3-30(5-12(35-10)31-8-28-13-17(22)24-6-26-19(13)31)4-11-15(33)16(34)21(36-11)32-9-29-14-18(23)25-7-27-20(14)32/h6-12,15-16,21,33-34H,2-5H2,1H3,(H2,22,24,26)(H2,23,25,27)/t10-,11-,12-,15-,16-,21-/m1/s1. The maximum atomic E-state index is 10.9. The molecular weight excluding hydrogens is 470 g/mol. The van der Waals surface area contributed by atoms with Crippen LogP contribution in [0.15, 0.2) is 25.3 Å². The van der Waals surface area contributed by atoms with Crippen molar-refractivity contribution in [3.63, 3.8) is 0 Å². The molecule has 0 aromatic carbocycles. The van der Waals surface area contributed by atoms with E-state index in [4.69, 9.17) is 20.9 Å². The second kappa shape index (κ2) is 8.86. The fraction of sp³-hybridized carbons (Fsp3) is 0.524. The van der Waals surface area contributed by atoms with Gasteiger partial charge in [-0.2, -0.15) is 0 Å². The number of aromatic nitrogens is 8. The molecule has 2 aliphatic heterocycles. The first-order valence-electron chi connectivity index (χ1n) is 11.7. The fourth-order valence-corrected chi connectivity index (χ4v) is 4.92. The van der Waals surface area contributed by atoms with Crippen LogP contribution < -0.4 is 11.5 Å². The Morgan fingerprint density at radius 3 is 2.17 bits per heavy atom. The van der Waals surface area contributed by atoms with Gasteiger partial charge in [-0.1, -0.05) is 6.92 Å². The highest BCUT2D eigenvalue weighted by Gasteiger charge is 2.45. The van der Waals surface area contributed by atoms with Crippen molar-refractivity contribution in [2.24, 2.45) is 0 Å². The highest BCUT2D eigenvalue weighted by atomic mass is 16.6. The third-order valence-electron chi connectivity index (χ3n) is 6.82. The number of hydrogen-bond donors (Lipinski definition) is 4. The molecule has 0 amide bonds. The molecule has 6 heterocycles. The van der Waals surface area contributed by atoms with Crippen molar-refractivity contribution in [1.29, 1.82) is 0 Å². The lowest BCUT2D eigenvalue weighted by Gasteiger charge is -2.39. The molecule has 0 bridgehead atoms. The first kappa shape index (κ1) is 22.9. The monoisotopic (exact) mass is 497 g/mol. The Balaban J connectivity index is 1.22. The molecule has 0 saturated carbocycles. The summed E-state index contributed by atoms with van der Waals surface area (Å²) in [5.74, 6) is 0.535. The minimum atomic E-state index is -1.18. The zero-order chi connectivity index (χ0) is 25.0. The molecule has 2 saturated heterocycles. The molecule has 0 radical (unpaired) electrons. The zero-order valence-corrected chi connectivity index (χ0v) is 19.5. The Labute approximate surface area is 204 Å². The summed E-state index contributed by atoms with van der Waals surface area (Å²) in [7, 11) is 0. The molecule has 15 nitrogen and oxygen atoms in total. The normalized spacial score (nSPS) is 29.4. The SMILES string of the molecule is CC[C@@H]1CN(C[C@H]2O[C@@H](n3cnc4c(N)ncnc43)[C@H](O)[C@@H]2O)C[C@H](n2cnc3c(N)ncnc32)O1. The van der Waals surface area contributed by atoms with Gasteiger partial charge in [0.1, 0.15) is 48.2 Å². The molecule has 0 unspecified atom stereocenters. The molecule has 0 spiro atoms. The number of nitrogens with zero attached hydrogens (tertiary/aromatic N) is 9. The topological polar surface area (TPSA) is 201 Å². The van der Waals surface area contributed by atoms with Crippen LogP contribution in [-0.4, -0.2) is 98.2 Å². The highest BCUT2D eigenvalue weighted by Crippen LogP contribution is 2.33. The van der Waals surface area contributed by atoms with Crippen molar-refractivity contribution < 1.29 is 19.7 Å². The highest BCUT2D eigenvalue weighted by molar-refractivity contribution is 5.81. The number of anilines is 2. The van der Waals surface area contributed by atoms with Crippen molar-refractivity contribution in [2.75, 3.05) is 31.1 Å². The largest absolute Gasteiger partial charge is 0.387 e. The van der Waals surface area contributed by atoms with Gasteiger partial charge in [0.2, 0.25) is 0 Å². The average molecular weight is 498 g/mol. The molecule has 190 valence electrons. The number of nitrogens with two attached hydrogens (primary N) is 2. The smallest absolute Gasteiger partial charge is 0.167 e. The molecule has 4 aromatic rings. The Bertz CT molecular complexity index is 1390. The van der Waals surface area contributed by atoms with Gasteiger partial charge in [0.05, 0.1) is 18.8 Å². The van der Waals surface area contributed by atoms with E-state index >= 15 is 0 Å². The van der Waals surface area contributed by atoms with Gasteiger partial charge in [-0.25, -0.2) is 29.9 Å². The second-order valence-corrected chi connectivity index (χ2v) is 9.05. The van der Waals surface area contributed by atoms with Crippen LogP contribution in [0.25, 0.3) is 22.3 Å². The fourth-order valence-electron chi connectivity index (χ4n) is 4.92. The van der Waals surface area contributed by atoms with Crippen LogP contribution in [0.4, 0.5) is 11.6 Å². The lowest BCUT2D eigenvalue weighted by atomic mass is 10.1. The lowest BCUT2D eigenvalue weighted by Crippen LogP contribution is -2.49. The minimum absolute atomic E-state index is 0.0584. The summed E-state index contributed by atoms with van der Waals surface area (Å²) >= 11 is 0. The van der Waals surface area contributed by atoms with Crippen molar-refractivity contribution in [3.8, 4) is 0 Å². The Kier molecular flexibility index (Phi) is 5.65. The van der Waals surface area contributed by atoms with E-state index in [0.29, 0.717) is 47.8 Å². The minimum Gasteiger partial charge on any atom is -0.387 e. The summed E-state index contributed by atoms with van der Waals surface area (Å²) < 4.78 is 15.9. The van der Waals surface area contributed by atoms with Gasteiger partial charge in [0.25, 0.3) is 0 Å². The first-order valence-corrected chi connectivity index (χ1v) is 11.7. The van der Waals surface area contributed by atoms with Crippen LogP contribution in [-0.2, 0) is 9.47 Å². The quantitative estimate of drug-likeness (QED) is 0.263. The lowest BCUT2D eigenvalue weighted by molar-refractivity contribution is -0.132. The number of rotatable bonds is 5. The van der Waals surface area contributed by atoms with Gasteiger partial charge in [-0.15, -0.1) is 0 Å². The maximum Gasteiger partial charge on any atom is 0.167 e. The summed E-state index contributed by atoms with van der Waals surface area (Å²) in [6.07, 6.45) is 2.38. The average Bonchev–Trinajstić information content (AvgIpc) is 3.58. The molecular formula is C21H27N11O4. The molecule has 4 aromatic heterocycles. The summed E-state index contributed by atoms with van der Waals surface area (Å²) in [4.78, 5) is 27.2. The van der Waals surface area contributed by atoms with Crippen molar-refractivity contribution in [3.05, 3.63) is 25.3 Å². The number of hydrogen-bond acceptors (Lipinski definition) is 13. The Hall–Kier alpha value is -3.50. The number of fused-ring (bicyclic) bond motifs is 2. The summed E-state index contributed by atoms with van der Waals surface area (Å²) in [5.41, 5.74) is 13.8. The Morgan fingerprint density at radius 1 is 0.861 bits per heavy atom. The third-order valence-corrected chi connectivity index (χ3v) is 6.82. The summed E-state index contributed by atoms with van der Waals surface area (Å²) in [5, 5.41) is 21.7. The van der Waals surface area contributed by atoms with Gasteiger partial charge in [0.15, 0.2) is 29.2 Å². The third kappa shape index (κ3) is 3.72. The molecule has 0 aliphatic carbocycles. The van der Waals surface area contributed by atoms with Crippen LogP contribution in [0.3, 0.4) is 0 Å². The number of imidazole rings is 2. The van der Waals surface area contributed by atoms with Gasteiger partial charge in [-0.3, -0.25) is 14.0 Å². The van der Waals surface area contributed by atoms with Gasteiger partial charge >= 0.3 is 0 Å². The maximum absolute atomic E-state index is 10.9. The van der Waals surface area contributed by atoms with E-state index in [1.165, 1.54) is 19.0 Å². The van der Waals surface area contributed by atoms with Crippen molar-refractivity contribution in [1.82, 2.24) is 43.9 Å². The first-order chi connectivity index (χ1) is 17.4. The summed E-state index contributed by atoms with van der Waals surface area (Å²) in [6.45, 7) is 3.56. The molecule has 6 atom stereocenters. The van der Waals surface area contributed by atoms with E-state index in [0.717, 1.165) is 6.42 Å². The predicted molar refractivity (Wildman–Crippen MR) is 126 cm³/mol. The molecule has 6 rings (SSSR count). The molecule has 36 heavy (non-hydrogen) atoms. The molecule has 2 aliphatic rings. The van der Waals surface area contributed by atoms with Crippen LogP contribution in [0.1, 0.15) is 25.8 Å². The van der Waals surface area contributed by atoms with E-state index in [-0.39, 0.29) is 18.1 Å². The van der Waals surface area contributed by atoms with E-state index in [1.54, 1.807) is 10.9 Å². The van der Waals surface area contributed by atoms with Crippen LogP contribution >= 0.6 is 0 Å². The second-order valence-electron chi connectivity index (χ2n) is 9.05. The number of aliphatic hydroxyl groups is 2. The molecule has 15 heteroatoms. The zero-order valence-electron chi connectivity index (χ0n) is 19.5.